The second kappa shape index (κ2) is 6.56. The van der Waals surface area contributed by atoms with Crippen LogP contribution in [0.1, 0.15) is 18.4 Å². The summed E-state index contributed by atoms with van der Waals surface area (Å²) in [7, 11) is 2.19. The lowest BCUT2D eigenvalue weighted by atomic mass is 10.2. The Morgan fingerprint density at radius 2 is 2.05 bits per heavy atom. The summed E-state index contributed by atoms with van der Waals surface area (Å²) in [6.07, 6.45) is 0. The summed E-state index contributed by atoms with van der Waals surface area (Å²) in [6.45, 7) is 9.28. The van der Waals surface area contributed by atoms with Gasteiger partial charge in [0.1, 0.15) is 5.52 Å². The molecule has 0 bridgehead atoms. The van der Waals surface area contributed by atoms with E-state index < -0.39 is 0 Å². The fourth-order valence-electron chi connectivity index (χ4n) is 2.69. The van der Waals surface area contributed by atoms with E-state index in [0.29, 0.717) is 6.54 Å². The molecule has 5 heteroatoms. The number of oxazole rings is 1. The highest BCUT2D eigenvalue weighted by Gasteiger charge is 2.14. The molecule has 5 nitrogen and oxygen atoms in total. The van der Waals surface area contributed by atoms with E-state index in [4.69, 9.17) is 4.42 Å². The maximum Gasteiger partial charge on any atom is 0.209 e. The van der Waals surface area contributed by atoms with Crippen molar-refractivity contribution in [1.82, 2.24) is 20.1 Å². The molecule has 0 saturated carbocycles. The monoisotopic (exact) mass is 288 g/mol. The van der Waals surface area contributed by atoms with Gasteiger partial charge >= 0.3 is 0 Å². The van der Waals surface area contributed by atoms with Crippen LogP contribution in [0.15, 0.2) is 22.6 Å². The van der Waals surface area contributed by atoms with Crippen molar-refractivity contribution in [1.29, 1.82) is 0 Å². The van der Waals surface area contributed by atoms with Gasteiger partial charge in [-0.2, -0.15) is 0 Å². The number of rotatable bonds is 5. The van der Waals surface area contributed by atoms with E-state index in [1.807, 2.05) is 6.07 Å². The largest absolute Gasteiger partial charge is 0.439 e. The average molecular weight is 288 g/mol. The molecule has 0 amide bonds. The average Bonchev–Trinajstić information content (AvgIpc) is 2.89. The Bertz CT molecular complexity index is 587. The van der Waals surface area contributed by atoms with Crippen molar-refractivity contribution in [3.8, 4) is 0 Å². The van der Waals surface area contributed by atoms with Crippen LogP contribution in [0.4, 0.5) is 0 Å². The van der Waals surface area contributed by atoms with Gasteiger partial charge in [0.25, 0.3) is 0 Å². The maximum absolute atomic E-state index is 5.74. The van der Waals surface area contributed by atoms with Crippen molar-refractivity contribution < 1.29 is 4.42 Å². The molecule has 1 aromatic heterocycles. The van der Waals surface area contributed by atoms with Gasteiger partial charge in [0.2, 0.25) is 5.89 Å². The Balaban J connectivity index is 1.68. The zero-order chi connectivity index (χ0) is 14.7. The fraction of sp³-hybridized carbons (Fsp3) is 0.562. The van der Waals surface area contributed by atoms with E-state index in [0.717, 1.165) is 56.3 Å². The molecule has 0 atom stereocenters. The molecule has 1 fully saturated rings. The van der Waals surface area contributed by atoms with Gasteiger partial charge in [-0.05, 0) is 31.3 Å². The van der Waals surface area contributed by atoms with Crippen LogP contribution in [0.5, 0.6) is 0 Å². The van der Waals surface area contributed by atoms with Gasteiger partial charge in [-0.1, -0.05) is 13.0 Å². The molecule has 3 rings (SSSR count). The van der Waals surface area contributed by atoms with Crippen molar-refractivity contribution in [2.24, 2.45) is 0 Å². The molecule has 1 aliphatic heterocycles. The summed E-state index contributed by atoms with van der Waals surface area (Å²) < 4.78 is 5.74. The summed E-state index contributed by atoms with van der Waals surface area (Å²) in [5.74, 6) is 0.767. The van der Waals surface area contributed by atoms with Gasteiger partial charge in [0, 0.05) is 32.7 Å². The summed E-state index contributed by atoms with van der Waals surface area (Å²) in [5.41, 5.74) is 3.16. The molecule has 1 aliphatic rings. The minimum absolute atomic E-state index is 0.693. The lowest BCUT2D eigenvalue weighted by Crippen LogP contribution is -2.43. The van der Waals surface area contributed by atoms with E-state index in [-0.39, 0.29) is 0 Å². The molecule has 21 heavy (non-hydrogen) atoms. The number of aromatic nitrogens is 1. The first-order chi connectivity index (χ1) is 10.2. The summed E-state index contributed by atoms with van der Waals surface area (Å²) in [6, 6.07) is 6.36. The molecule has 0 spiro atoms. The Morgan fingerprint density at radius 3 is 2.81 bits per heavy atom. The maximum atomic E-state index is 5.74. The van der Waals surface area contributed by atoms with Gasteiger partial charge in [-0.15, -0.1) is 0 Å². The minimum atomic E-state index is 0.693. The van der Waals surface area contributed by atoms with Crippen LogP contribution < -0.4 is 5.32 Å². The first kappa shape index (κ1) is 14.5. The van der Waals surface area contributed by atoms with Crippen molar-refractivity contribution >= 4 is 11.1 Å². The second-order valence-corrected chi connectivity index (χ2v) is 5.77. The second-order valence-electron chi connectivity index (χ2n) is 5.77. The van der Waals surface area contributed by atoms with E-state index in [2.05, 4.69) is 46.2 Å². The topological polar surface area (TPSA) is 44.5 Å². The number of hydrogen-bond donors (Lipinski definition) is 1. The highest BCUT2D eigenvalue weighted by atomic mass is 16.3. The number of hydrogen-bond acceptors (Lipinski definition) is 5. The molecule has 0 radical (unpaired) electrons. The molecular formula is C16H24N4O. The molecule has 1 N–H and O–H groups in total. The SMILES string of the molecule is CCNCc1nc2cc(CN3CCN(C)CC3)ccc2o1. The quantitative estimate of drug-likeness (QED) is 0.907. The predicted octanol–water partition coefficient (Wildman–Crippen LogP) is 1.68. The predicted molar refractivity (Wildman–Crippen MR) is 84.2 cm³/mol. The van der Waals surface area contributed by atoms with Crippen LogP contribution >= 0.6 is 0 Å². The van der Waals surface area contributed by atoms with Crippen LogP contribution in [0.25, 0.3) is 11.1 Å². The Kier molecular flexibility index (Phi) is 4.53. The van der Waals surface area contributed by atoms with Crippen LogP contribution in [0.3, 0.4) is 0 Å². The zero-order valence-electron chi connectivity index (χ0n) is 12.9. The fourth-order valence-corrected chi connectivity index (χ4v) is 2.69. The number of nitrogens with zero attached hydrogens (tertiary/aromatic N) is 3. The van der Waals surface area contributed by atoms with E-state index in [9.17, 15) is 0 Å². The zero-order valence-corrected chi connectivity index (χ0v) is 12.9. The molecule has 0 unspecified atom stereocenters. The molecule has 1 aromatic carbocycles. The Hall–Kier alpha value is -1.43. The Morgan fingerprint density at radius 1 is 1.24 bits per heavy atom. The van der Waals surface area contributed by atoms with Gasteiger partial charge < -0.3 is 14.6 Å². The molecule has 2 aromatic rings. The van der Waals surface area contributed by atoms with Crippen molar-refractivity contribution in [2.75, 3.05) is 39.8 Å². The number of nitrogens with one attached hydrogen (secondary N) is 1. The Labute approximate surface area is 125 Å². The molecular weight excluding hydrogens is 264 g/mol. The first-order valence-electron chi connectivity index (χ1n) is 7.74. The van der Waals surface area contributed by atoms with Crippen LogP contribution in [-0.2, 0) is 13.1 Å². The van der Waals surface area contributed by atoms with Crippen LogP contribution in [-0.4, -0.2) is 54.6 Å². The first-order valence-corrected chi connectivity index (χ1v) is 7.74. The smallest absolute Gasteiger partial charge is 0.209 e. The summed E-state index contributed by atoms with van der Waals surface area (Å²) in [4.78, 5) is 9.44. The third-order valence-electron chi connectivity index (χ3n) is 4.02. The number of piperazine rings is 1. The third-order valence-corrected chi connectivity index (χ3v) is 4.02. The van der Waals surface area contributed by atoms with Gasteiger partial charge in [-0.25, -0.2) is 4.98 Å². The summed E-state index contributed by atoms with van der Waals surface area (Å²) >= 11 is 0. The van der Waals surface area contributed by atoms with Gasteiger partial charge in [0.05, 0.1) is 6.54 Å². The number of fused-ring (bicyclic) bond motifs is 1. The summed E-state index contributed by atoms with van der Waals surface area (Å²) in [5, 5.41) is 3.24. The van der Waals surface area contributed by atoms with Crippen LogP contribution in [0, 0.1) is 0 Å². The standard InChI is InChI=1S/C16H24N4O/c1-3-17-11-16-18-14-10-13(4-5-15(14)21-16)12-20-8-6-19(2)7-9-20/h4-5,10,17H,3,6-9,11-12H2,1-2H3. The van der Waals surface area contributed by atoms with Gasteiger partial charge in [0.15, 0.2) is 5.58 Å². The van der Waals surface area contributed by atoms with Crippen molar-refractivity contribution in [2.45, 2.75) is 20.0 Å². The van der Waals surface area contributed by atoms with Crippen molar-refractivity contribution in [3.05, 3.63) is 29.7 Å². The third kappa shape index (κ3) is 3.61. The highest BCUT2D eigenvalue weighted by molar-refractivity contribution is 5.73. The lowest BCUT2D eigenvalue weighted by Gasteiger charge is -2.32. The van der Waals surface area contributed by atoms with E-state index in [1.54, 1.807) is 0 Å². The molecule has 1 saturated heterocycles. The molecule has 0 aliphatic carbocycles. The lowest BCUT2D eigenvalue weighted by molar-refractivity contribution is 0.148. The van der Waals surface area contributed by atoms with E-state index >= 15 is 0 Å². The molecule has 114 valence electrons. The van der Waals surface area contributed by atoms with Crippen molar-refractivity contribution in [3.63, 3.8) is 0 Å². The van der Waals surface area contributed by atoms with Gasteiger partial charge in [-0.3, -0.25) is 4.90 Å². The highest BCUT2D eigenvalue weighted by Crippen LogP contribution is 2.18. The minimum Gasteiger partial charge on any atom is -0.439 e. The normalized spacial score (nSPS) is 17.6. The number of benzene rings is 1. The van der Waals surface area contributed by atoms with E-state index in [1.165, 1.54) is 5.56 Å². The molecule has 2 heterocycles. The van der Waals surface area contributed by atoms with Crippen LogP contribution in [0.2, 0.25) is 0 Å². The number of likely N-dealkylation sites (N-methyl/N-ethyl adjacent to an activating group) is 1.